The van der Waals surface area contributed by atoms with Gasteiger partial charge in [0, 0.05) is 17.8 Å². The summed E-state index contributed by atoms with van der Waals surface area (Å²) in [6, 6.07) is 0. The molecule has 0 atom stereocenters. The lowest BCUT2D eigenvalue weighted by atomic mass is 10.1. The van der Waals surface area contributed by atoms with Crippen LogP contribution in [0, 0.1) is 13.8 Å². The minimum Gasteiger partial charge on any atom is -0.318 e. The first-order chi connectivity index (χ1) is 7.13. The smallest absolute Gasteiger partial charge is 0.318 e. The maximum Gasteiger partial charge on any atom is 0.341 e. The zero-order chi connectivity index (χ0) is 11.0. The van der Waals surface area contributed by atoms with Crippen LogP contribution < -0.4 is 0 Å². The van der Waals surface area contributed by atoms with Gasteiger partial charge in [0.25, 0.3) is 0 Å². The van der Waals surface area contributed by atoms with Crippen molar-refractivity contribution in [1.82, 2.24) is 9.78 Å². The standard InChI is InChI=1S/C10H13N3O2/c1-4-13-7(3)10(6(2)11-13)8-5-9(14)15-12-8/h4-5H2,1-3H3. The summed E-state index contributed by atoms with van der Waals surface area (Å²) in [6.45, 7) is 6.74. The molecule has 0 aromatic carbocycles. The van der Waals surface area contributed by atoms with E-state index in [-0.39, 0.29) is 12.4 Å². The maximum atomic E-state index is 11.0. The van der Waals surface area contributed by atoms with E-state index in [0.717, 1.165) is 23.5 Å². The van der Waals surface area contributed by atoms with Gasteiger partial charge < -0.3 is 4.84 Å². The van der Waals surface area contributed by atoms with Crippen molar-refractivity contribution in [2.75, 3.05) is 0 Å². The second-order valence-corrected chi connectivity index (χ2v) is 3.54. The largest absolute Gasteiger partial charge is 0.341 e. The second-order valence-electron chi connectivity index (χ2n) is 3.54. The molecule has 0 N–H and O–H groups in total. The fraction of sp³-hybridized carbons (Fsp3) is 0.500. The van der Waals surface area contributed by atoms with E-state index in [1.807, 2.05) is 25.5 Å². The summed E-state index contributed by atoms with van der Waals surface area (Å²) in [6.07, 6.45) is 0.247. The number of nitrogens with zero attached hydrogens (tertiary/aromatic N) is 3. The summed E-state index contributed by atoms with van der Waals surface area (Å²) in [4.78, 5) is 15.5. The first-order valence-electron chi connectivity index (χ1n) is 4.94. The molecule has 0 spiro atoms. The molecule has 0 radical (unpaired) electrons. The van der Waals surface area contributed by atoms with E-state index in [1.165, 1.54) is 0 Å². The molecule has 1 aromatic heterocycles. The van der Waals surface area contributed by atoms with Crippen LogP contribution in [-0.4, -0.2) is 21.5 Å². The fourth-order valence-corrected chi connectivity index (χ4v) is 1.86. The van der Waals surface area contributed by atoms with Gasteiger partial charge in [-0.05, 0) is 20.8 Å². The predicted octanol–water partition coefficient (Wildman–Crippen LogP) is 1.17. The SMILES string of the molecule is CCn1nc(C)c(C2=NOC(=O)C2)c1C. The molecule has 0 unspecified atom stereocenters. The molecular formula is C10H13N3O2. The molecule has 0 saturated heterocycles. The quantitative estimate of drug-likeness (QED) is 0.684. The van der Waals surface area contributed by atoms with Gasteiger partial charge in [-0.15, -0.1) is 0 Å². The molecule has 0 amide bonds. The van der Waals surface area contributed by atoms with Crippen LogP contribution in [0.15, 0.2) is 5.16 Å². The van der Waals surface area contributed by atoms with Gasteiger partial charge >= 0.3 is 5.97 Å². The molecule has 1 aliphatic heterocycles. The Morgan fingerprint density at radius 2 is 2.20 bits per heavy atom. The number of hydrogen-bond donors (Lipinski definition) is 0. The Labute approximate surface area is 87.7 Å². The molecule has 0 fully saturated rings. The summed E-state index contributed by atoms with van der Waals surface area (Å²) < 4.78 is 1.90. The molecule has 5 nitrogen and oxygen atoms in total. The molecule has 1 aliphatic rings. The molecule has 0 aliphatic carbocycles. The van der Waals surface area contributed by atoms with Crippen molar-refractivity contribution in [1.29, 1.82) is 0 Å². The Hall–Kier alpha value is -1.65. The molecule has 80 valence electrons. The fourth-order valence-electron chi connectivity index (χ4n) is 1.86. The van der Waals surface area contributed by atoms with E-state index >= 15 is 0 Å². The Balaban J connectivity index is 2.44. The van der Waals surface area contributed by atoms with Crippen LogP contribution in [0.3, 0.4) is 0 Å². The number of aryl methyl sites for hydroxylation is 2. The monoisotopic (exact) mass is 207 g/mol. The predicted molar refractivity (Wildman–Crippen MR) is 54.6 cm³/mol. The number of rotatable bonds is 2. The number of carbonyl (C=O) groups is 1. The number of hydrogen-bond acceptors (Lipinski definition) is 4. The van der Waals surface area contributed by atoms with Gasteiger partial charge in [0.15, 0.2) is 0 Å². The normalized spacial score (nSPS) is 15.4. The van der Waals surface area contributed by atoms with E-state index in [2.05, 4.69) is 15.1 Å². The Bertz CT molecular complexity index is 446. The molecule has 0 bridgehead atoms. The Morgan fingerprint density at radius 3 is 2.67 bits per heavy atom. The second kappa shape index (κ2) is 3.49. The van der Waals surface area contributed by atoms with Crippen molar-refractivity contribution in [3.63, 3.8) is 0 Å². The molecule has 1 aromatic rings. The Kier molecular flexibility index (Phi) is 2.30. The molecule has 5 heteroatoms. The van der Waals surface area contributed by atoms with Gasteiger partial charge in [-0.1, -0.05) is 5.16 Å². The van der Waals surface area contributed by atoms with Gasteiger partial charge in [-0.2, -0.15) is 5.10 Å². The van der Waals surface area contributed by atoms with Crippen LogP contribution in [0.1, 0.15) is 30.3 Å². The zero-order valence-electron chi connectivity index (χ0n) is 9.07. The van der Waals surface area contributed by atoms with Gasteiger partial charge in [0.05, 0.1) is 12.1 Å². The highest BCUT2D eigenvalue weighted by molar-refractivity contribution is 6.12. The van der Waals surface area contributed by atoms with Crippen LogP contribution in [-0.2, 0) is 16.2 Å². The lowest BCUT2D eigenvalue weighted by Gasteiger charge is -1.99. The first kappa shape index (κ1) is 9.89. The number of carbonyl (C=O) groups excluding carboxylic acids is 1. The summed E-state index contributed by atoms with van der Waals surface area (Å²) >= 11 is 0. The first-order valence-corrected chi connectivity index (χ1v) is 4.94. The van der Waals surface area contributed by atoms with Crippen LogP contribution in [0.5, 0.6) is 0 Å². The van der Waals surface area contributed by atoms with Crippen molar-refractivity contribution in [3.8, 4) is 0 Å². The summed E-state index contributed by atoms with van der Waals surface area (Å²) in [5.74, 6) is -0.298. The molecule has 2 rings (SSSR count). The average molecular weight is 207 g/mol. The molecule has 2 heterocycles. The highest BCUT2D eigenvalue weighted by Gasteiger charge is 2.24. The van der Waals surface area contributed by atoms with Crippen molar-refractivity contribution >= 4 is 11.7 Å². The molecule has 0 saturated carbocycles. The van der Waals surface area contributed by atoms with E-state index in [4.69, 9.17) is 0 Å². The lowest BCUT2D eigenvalue weighted by Crippen LogP contribution is -2.04. The highest BCUT2D eigenvalue weighted by Crippen LogP contribution is 2.19. The zero-order valence-corrected chi connectivity index (χ0v) is 9.07. The average Bonchev–Trinajstić information content (AvgIpc) is 2.71. The van der Waals surface area contributed by atoms with Crippen LogP contribution in [0.4, 0.5) is 0 Å². The van der Waals surface area contributed by atoms with Crippen molar-refractivity contribution in [2.45, 2.75) is 33.7 Å². The lowest BCUT2D eigenvalue weighted by molar-refractivity contribution is -0.140. The Morgan fingerprint density at radius 1 is 1.47 bits per heavy atom. The maximum absolute atomic E-state index is 11.0. The van der Waals surface area contributed by atoms with E-state index in [1.54, 1.807) is 0 Å². The van der Waals surface area contributed by atoms with Gasteiger partial charge in [-0.3, -0.25) is 4.68 Å². The molecule has 15 heavy (non-hydrogen) atoms. The number of oxime groups is 1. The van der Waals surface area contributed by atoms with E-state index in [9.17, 15) is 4.79 Å². The van der Waals surface area contributed by atoms with Gasteiger partial charge in [0.2, 0.25) is 0 Å². The van der Waals surface area contributed by atoms with Crippen LogP contribution >= 0.6 is 0 Å². The van der Waals surface area contributed by atoms with Crippen molar-refractivity contribution in [3.05, 3.63) is 17.0 Å². The molecular weight excluding hydrogens is 194 g/mol. The third-order valence-electron chi connectivity index (χ3n) is 2.54. The van der Waals surface area contributed by atoms with Crippen LogP contribution in [0.2, 0.25) is 0 Å². The summed E-state index contributed by atoms with van der Waals surface area (Å²) in [5, 5.41) is 8.14. The minimum atomic E-state index is -0.298. The van der Waals surface area contributed by atoms with Gasteiger partial charge in [-0.25, -0.2) is 4.79 Å². The minimum absolute atomic E-state index is 0.247. The topological polar surface area (TPSA) is 56.5 Å². The third kappa shape index (κ3) is 1.54. The van der Waals surface area contributed by atoms with Crippen molar-refractivity contribution < 1.29 is 9.63 Å². The van der Waals surface area contributed by atoms with Crippen LogP contribution in [0.25, 0.3) is 0 Å². The summed E-state index contributed by atoms with van der Waals surface area (Å²) in [7, 11) is 0. The van der Waals surface area contributed by atoms with Gasteiger partial charge in [0.1, 0.15) is 5.71 Å². The highest BCUT2D eigenvalue weighted by atomic mass is 16.7. The third-order valence-corrected chi connectivity index (χ3v) is 2.54. The van der Waals surface area contributed by atoms with E-state index < -0.39 is 0 Å². The van der Waals surface area contributed by atoms with Crippen molar-refractivity contribution in [2.24, 2.45) is 5.16 Å². The number of aromatic nitrogens is 2. The van der Waals surface area contributed by atoms with E-state index in [0.29, 0.717) is 5.71 Å². The summed E-state index contributed by atoms with van der Waals surface area (Å²) in [5.41, 5.74) is 3.57.